The molecular formula is C17H16F2N2O3. The van der Waals surface area contributed by atoms with Gasteiger partial charge in [-0.15, -0.1) is 0 Å². The lowest BCUT2D eigenvalue weighted by molar-refractivity contribution is -0.145. The van der Waals surface area contributed by atoms with Gasteiger partial charge in [-0.3, -0.25) is 9.59 Å². The smallest absolute Gasteiger partial charge is 0.318 e. The SMILES string of the molecule is CCOC(=O)C1CN(CC)c2nc3ccc(F)c(F)c3cc2C1=O. The molecule has 0 amide bonds. The lowest BCUT2D eigenvalue weighted by Crippen LogP contribution is -2.44. The first-order valence-electron chi connectivity index (χ1n) is 7.72. The first-order valence-corrected chi connectivity index (χ1v) is 7.72. The van der Waals surface area contributed by atoms with Gasteiger partial charge in [0.1, 0.15) is 11.7 Å². The van der Waals surface area contributed by atoms with E-state index in [1.54, 1.807) is 11.8 Å². The second kappa shape index (κ2) is 6.14. The molecule has 0 fully saturated rings. The average Bonchev–Trinajstić information content (AvgIpc) is 2.58. The number of pyridine rings is 1. The second-order valence-corrected chi connectivity index (χ2v) is 5.50. The Morgan fingerprint density at radius 1 is 1.38 bits per heavy atom. The Hall–Kier alpha value is -2.57. The molecule has 0 aliphatic carbocycles. The summed E-state index contributed by atoms with van der Waals surface area (Å²) in [5.41, 5.74) is 0.367. The number of carbonyl (C=O) groups excluding carboxylic acids is 2. The largest absolute Gasteiger partial charge is 0.465 e. The highest BCUT2D eigenvalue weighted by Crippen LogP contribution is 2.32. The number of nitrogens with zero attached hydrogens (tertiary/aromatic N) is 2. The van der Waals surface area contributed by atoms with Crippen LogP contribution < -0.4 is 4.90 Å². The van der Waals surface area contributed by atoms with E-state index in [1.807, 2.05) is 6.92 Å². The van der Waals surface area contributed by atoms with Crippen molar-refractivity contribution < 1.29 is 23.1 Å². The van der Waals surface area contributed by atoms with Crippen LogP contribution in [-0.4, -0.2) is 36.4 Å². The Morgan fingerprint density at radius 2 is 2.12 bits per heavy atom. The first-order chi connectivity index (χ1) is 11.5. The molecular weight excluding hydrogens is 318 g/mol. The van der Waals surface area contributed by atoms with Crippen LogP contribution in [0, 0.1) is 17.6 Å². The van der Waals surface area contributed by atoms with Crippen LogP contribution in [0.1, 0.15) is 24.2 Å². The summed E-state index contributed by atoms with van der Waals surface area (Å²) in [5, 5.41) is -0.0809. The van der Waals surface area contributed by atoms with Crippen molar-refractivity contribution in [1.82, 2.24) is 4.98 Å². The fraction of sp³-hybridized carbons (Fsp3) is 0.353. The van der Waals surface area contributed by atoms with Crippen molar-refractivity contribution in [3.8, 4) is 0 Å². The number of halogens is 2. The fourth-order valence-corrected chi connectivity index (χ4v) is 2.88. The molecule has 3 rings (SSSR count). The number of rotatable bonds is 3. The molecule has 1 aromatic heterocycles. The monoisotopic (exact) mass is 334 g/mol. The maximum atomic E-state index is 14.0. The summed E-state index contributed by atoms with van der Waals surface area (Å²) in [6, 6.07) is 3.63. The van der Waals surface area contributed by atoms with Crippen LogP contribution in [0.15, 0.2) is 18.2 Å². The molecule has 0 bridgehead atoms. The fourth-order valence-electron chi connectivity index (χ4n) is 2.88. The van der Waals surface area contributed by atoms with Gasteiger partial charge in [0.05, 0.1) is 17.7 Å². The molecule has 5 nitrogen and oxygen atoms in total. The molecule has 1 aliphatic heterocycles. The summed E-state index contributed by atoms with van der Waals surface area (Å²) in [6.45, 7) is 4.35. The van der Waals surface area contributed by atoms with Crippen LogP contribution in [0.3, 0.4) is 0 Å². The molecule has 2 heterocycles. The molecule has 1 atom stereocenters. The summed E-state index contributed by atoms with van der Waals surface area (Å²) in [5.74, 6) is -3.79. The van der Waals surface area contributed by atoms with E-state index in [0.717, 1.165) is 6.07 Å². The van der Waals surface area contributed by atoms with Crippen molar-refractivity contribution in [2.45, 2.75) is 13.8 Å². The summed E-state index contributed by atoms with van der Waals surface area (Å²) in [6.07, 6.45) is 0. The number of esters is 1. The van der Waals surface area contributed by atoms with Gasteiger partial charge >= 0.3 is 5.97 Å². The minimum Gasteiger partial charge on any atom is -0.465 e. The Bertz CT molecular complexity index is 838. The molecule has 1 aliphatic rings. The number of hydrogen-bond acceptors (Lipinski definition) is 5. The molecule has 0 saturated heterocycles. The van der Waals surface area contributed by atoms with Crippen LogP contribution in [0.25, 0.3) is 10.9 Å². The number of ketones is 1. The topological polar surface area (TPSA) is 59.5 Å². The molecule has 0 saturated carbocycles. The maximum Gasteiger partial charge on any atom is 0.318 e. The first kappa shape index (κ1) is 16.3. The predicted octanol–water partition coefficient (Wildman–Crippen LogP) is 2.71. The number of Topliss-reactive ketones (excluding diaryl/α,β-unsaturated/α-hetero) is 1. The van der Waals surface area contributed by atoms with Gasteiger partial charge in [-0.05, 0) is 32.0 Å². The van der Waals surface area contributed by atoms with Crippen molar-refractivity contribution in [2.24, 2.45) is 5.92 Å². The van der Waals surface area contributed by atoms with E-state index in [1.165, 1.54) is 12.1 Å². The average molecular weight is 334 g/mol. The number of aromatic nitrogens is 1. The zero-order valence-corrected chi connectivity index (χ0v) is 13.3. The number of carbonyl (C=O) groups is 2. The molecule has 1 unspecified atom stereocenters. The van der Waals surface area contributed by atoms with Gasteiger partial charge in [0.25, 0.3) is 0 Å². The van der Waals surface area contributed by atoms with Gasteiger partial charge < -0.3 is 9.64 Å². The van der Waals surface area contributed by atoms with Crippen LogP contribution in [0.2, 0.25) is 0 Å². The Labute approximate surface area is 137 Å². The van der Waals surface area contributed by atoms with Crippen LogP contribution in [0.4, 0.5) is 14.6 Å². The maximum absolute atomic E-state index is 14.0. The molecule has 0 spiro atoms. The molecule has 2 aromatic rings. The number of ether oxygens (including phenoxy) is 1. The zero-order valence-electron chi connectivity index (χ0n) is 13.3. The zero-order chi connectivity index (χ0) is 17.4. The highest BCUT2D eigenvalue weighted by molar-refractivity contribution is 6.14. The Morgan fingerprint density at radius 3 is 2.79 bits per heavy atom. The number of hydrogen-bond donors (Lipinski definition) is 0. The van der Waals surface area contributed by atoms with Gasteiger partial charge in [-0.1, -0.05) is 0 Å². The van der Waals surface area contributed by atoms with Gasteiger partial charge in [-0.25, -0.2) is 13.8 Å². The summed E-state index contributed by atoms with van der Waals surface area (Å²) < 4.78 is 32.4. The van der Waals surface area contributed by atoms with E-state index >= 15 is 0 Å². The second-order valence-electron chi connectivity index (χ2n) is 5.50. The van der Waals surface area contributed by atoms with Crippen molar-refractivity contribution in [3.63, 3.8) is 0 Å². The van der Waals surface area contributed by atoms with E-state index in [4.69, 9.17) is 4.74 Å². The van der Waals surface area contributed by atoms with Crippen molar-refractivity contribution in [3.05, 3.63) is 35.4 Å². The van der Waals surface area contributed by atoms with Crippen LogP contribution in [0.5, 0.6) is 0 Å². The molecule has 0 radical (unpaired) electrons. The number of anilines is 1. The summed E-state index contributed by atoms with van der Waals surface area (Å²) >= 11 is 0. The van der Waals surface area contributed by atoms with E-state index in [0.29, 0.717) is 12.4 Å². The minimum atomic E-state index is -1.06. The standard InChI is InChI=1S/C17H16F2N2O3/c1-3-21-8-11(17(23)24-4-2)15(22)10-7-9-13(20-16(10)21)6-5-12(18)14(9)19/h5-7,11H,3-4,8H2,1-2H3. The number of benzene rings is 1. The van der Waals surface area contributed by atoms with Crippen LogP contribution in [-0.2, 0) is 9.53 Å². The third kappa shape index (κ3) is 2.50. The lowest BCUT2D eigenvalue weighted by Gasteiger charge is -2.32. The van der Waals surface area contributed by atoms with E-state index in [9.17, 15) is 18.4 Å². The van der Waals surface area contributed by atoms with Gasteiger partial charge in [-0.2, -0.15) is 0 Å². The quantitative estimate of drug-likeness (QED) is 0.638. The van der Waals surface area contributed by atoms with E-state index < -0.39 is 29.3 Å². The van der Waals surface area contributed by atoms with Crippen LogP contribution >= 0.6 is 0 Å². The summed E-state index contributed by atoms with van der Waals surface area (Å²) in [7, 11) is 0. The van der Waals surface area contributed by atoms with Crippen molar-refractivity contribution in [1.29, 1.82) is 0 Å². The predicted molar refractivity (Wildman–Crippen MR) is 84.0 cm³/mol. The third-order valence-electron chi connectivity index (χ3n) is 4.10. The Balaban J connectivity index is 2.17. The summed E-state index contributed by atoms with van der Waals surface area (Å²) in [4.78, 5) is 30.8. The molecule has 7 heteroatoms. The van der Waals surface area contributed by atoms with E-state index in [-0.39, 0.29) is 29.6 Å². The Kier molecular flexibility index (Phi) is 4.17. The minimum absolute atomic E-state index is 0.0809. The van der Waals surface area contributed by atoms with Gasteiger partial charge in [0, 0.05) is 18.5 Å². The number of fused-ring (bicyclic) bond motifs is 2. The third-order valence-corrected chi connectivity index (χ3v) is 4.10. The van der Waals surface area contributed by atoms with Crippen molar-refractivity contribution in [2.75, 3.05) is 24.6 Å². The highest BCUT2D eigenvalue weighted by Gasteiger charge is 2.38. The van der Waals surface area contributed by atoms with Crippen molar-refractivity contribution >= 4 is 28.5 Å². The molecule has 126 valence electrons. The molecule has 0 N–H and O–H groups in total. The molecule has 1 aromatic carbocycles. The normalized spacial score (nSPS) is 17.1. The molecule has 24 heavy (non-hydrogen) atoms. The highest BCUT2D eigenvalue weighted by atomic mass is 19.2. The van der Waals surface area contributed by atoms with Gasteiger partial charge in [0.15, 0.2) is 17.4 Å². The lowest BCUT2D eigenvalue weighted by atomic mass is 9.92. The van der Waals surface area contributed by atoms with E-state index in [2.05, 4.69) is 4.98 Å². The van der Waals surface area contributed by atoms with Gasteiger partial charge in [0.2, 0.25) is 0 Å².